The van der Waals surface area contributed by atoms with Gasteiger partial charge in [-0.3, -0.25) is 0 Å². The molecule has 2 rings (SSSR count). The highest BCUT2D eigenvalue weighted by molar-refractivity contribution is 5.51. The second-order valence-corrected chi connectivity index (χ2v) is 5.39. The summed E-state index contributed by atoms with van der Waals surface area (Å²) >= 11 is 0. The minimum Gasteiger partial charge on any atom is -0.494 e. The van der Waals surface area contributed by atoms with Crippen LogP contribution in [0, 0.1) is 0 Å². The van der Waals surface area contributed by atoms with Crippen molar-refractivity contribution in [3.63, 3.8) is 0 Å². The molecule has 2 nitrogen and oxygen atoms in total. The lowest BCUT2D eigenvalue weighted by Crippen LogP contribution is -1.98. The Hall–Kier alpha value is -1.28. The van der Waals surface area contributed by atoms with Crippen LogP contribution in [0.25, 0.3) is 6.08 Å². The van der Waals surface area contributed by atoms with Crippen LogP contribution in [0.5, 0.6) is 5.75 Å². The fraction of sp³-hybridized carbons (Fsp3) is 0.556. The summed E-state index contributed by atoms with van der Waals surface area (Å²) in [5.41, 5.74) is 1.21. The Morgan fingerprint density at radius 1 is 1.20 bits per heavy atom. The maximum absolute atomic E-state index is 5.74. The van der Waals surface area contributed by atoms with E-state index >= 15 is 0 Å². The zero-order valence-electron chi connectivity index (χ0n) is 12.5. The largest absolute Gasteiger partial charge is 0.494 e. The van der Waals surface area contributed by atoms with Gasteiger partial charge in [-0.25, -0.2) is 0 Å². The van der Waals surface area contributed by atoms with Gasteiger partial charge in [0.05, 0.1) is 12.7 Å². The third-order valence-electron chi connectivity index (χ3n) is 3.61. The van der Waals surface area contributed by atoms with Gasteiger partial charge in [-0.15, -0.1) is 0 Å². The van der Waals surface area contributed by atoms with Crippen LogP contribution in [0.4, 0.5) is 0 Å². The highest BCUT2D eigenvalue weighted by atomic mass is 16.5. The molecule has 110 valence electrons. The summed E-state index contributed by atoms with van der Waals surface area (Å²) in [5, 5.41) is 0. The Labute approximate surface area is 122 Å². The number of hydrogen-bond donors (Lipinski definition) is 0. The van der Waals surface area contributed by atoms with Gasteiger partial charge in [0, 0.05) is 6.61 Å². The molecule has 2 heteroatoms. The summed E-state index contributed by atoms with van der Waals surface area (Å²) in [6, 6.07) is 8.31. The maximum atomic E-state index is 5.74. The first-order chi connectivity index (χ1) is 9.88. The van der Waals surface area contributed by atoms with Crippen LogP contribution in [-0.2, 0) is 4.74 Å². The molecule has 0 aromatic heterocycles. The molecule has 0 amide bonds. The van der Waals surface area contributed by atoms with Gasteiger partial charge < -0.3 is 9.47 Å². The second-order valence-electron chi connectivity index (χ2n) is 5.39. The molecular weight excluding hydrogens is 248 g/mol. The number of unbranched alkanes of at least 4 members (excludes halogenated alkanes) is 3. The molecule has 0 aliphatic carbocycles. The molecule has 0 N–H and O–H groups in total. The van der Waals surface area contributed by atoms with Gasteiger partial charge >= 0.3 is 0 Å². The lowest BCUT2D eigenvalue weighted by Gasteiger charge is -2.06. The summed E-state index contributed by atoms with van der Waals surface area (Å²) in [7, 11) is 0. The van der Waals surface area contributed by atoms with Crippen LogP contribution >= 0.6 is 0 Å². The molecule has 1 heterocycles. The van der Waals surface area contributed by atoms with Crippen molar-refractivity contribution in [1.82, 2.24) is 0 Å². The first-order valence-electron chi connectivity index (χ1n) is 7.91. The van der Waals surface area contributed by atoms with E-state index in [1.807, 2.05) is 0 Å². The van der Waals surface area contributed by atoms with Gasteiger partial charge in [-0.2, -0.15) is 0 Å². The highest BCUT2D eigenvalue weighted by Crippen LogP contribution is 2.17. The minimum absolute atomic E-state index is 0.310. The average Bonchev–Trinajstić information content (AvgIpc) is 2.99. The van der Waals surface area contributed by atoms with Gasteiger partial charge in [0.2, 0.25) is 0 Å². The molecule has 1 fully saturated rings. The Morgan fingerprint density at radius 3 is 2.75 bits per heavy atom. The van der Waals surface area contributed by atoms with Gasteiger partial charge in [-0.1, -0.05) is 50.5 Å². The van der Waals surface area contributed by atoms with Crippen molar-refractivity contribution in [3.8, 4) is 5.75 Å². The van der Waals surface area contributed by atoms with Crippen molar-refractivity contribution >= 4 is 6.08 Å². The molecule has 1 aliphatic rings. The van der Waals surface area contributed by atoms with Crippen molar-refractivity contribution in [2.24, 2.45) is 0 Å². The van der Waals surface area contributed by atoms with E-state index in [0.29, 0.717) is 6.10 Å². The molecule has 1 saturated heterocycles. The second kappa shape index (κ2) is 8.80. The number of rotatable bonds is 8. The van der Waals surface area contributed by atoms with Gasteiger partial charge in [0.1, 0.15) is 5.75 Å². The quantitative estimate of drug-likeness (QED) is 0.632. The third-order valence-corrected chi connectivity index (χ3v) is 3.61. The Kier molecular flexibility index (Phi) is 6.65. The molecule has 20 heavy (non-hydrogen) atoms. The molecular formula is C18H26O2. The molecule has 1 atom stereocenters. The van der Waals surface area contributed by atoms with E-state index < -0.39 is 0 Å². The van der Waals surface area contributed by atoms with E-state index in [-0.39, 0.29) is 0 Å². The van der Waals surface area contributed by atoms with Crippen LogP contribution in [0.1, 0.15) is 51.0 Å². The van der Waals surface area contributed by atoms with Crippen LogP contribution in [0.15, 0.2) is 30.3 Å². The zero-order valence-corrected chi connectivity index (χ0v) is 12.5. The fourth-order valence-corrected chi connectivity index (χ4v) is 2.37. The van der Waals surface area contributed by atoms with Crippen LogP contribution in [0.2, 0.25) is 0 Å². The fourth-order valence-electron chi connectivity index (χ4n) is 2.37. The average molecular weight is 274 g/mol. The van der Waals surface area contributed by atoms with Crippen LogP contribution in [-0.4, -0.2) is 19.3 Å². The van der Waals surface area contributed by atoms with E-state index in [1.165, 1.54) is 31.2 Å². The van der Waals surface area contributed by atoms with Crippen molar-refractivity contribution in [1.29, 1.82) is 0 Å². The Balaban J connectivity index is 1.71. The van der Waals surface area contributed by atoms with Crippen molar-refractivity contribution in [2.45, 2.75) is 51.6 Å². The Morgan fingerprint density at radius 2 is 2.05 bits per heavy atom. The van der Waals surface area contributed by atoms with E-state index in [4.69, 9.17) is 9.47 Å². The predicted molar refractivity (Wildman–Crippen MR) is 84.1 cm³/mol. The van der Waals surface area contributed by atoms with Crippen molar-refractivity contribution in [2.75, 3.05) is 13.2 Å². The van der Waals surface area contributed by atoms with Crippen LogP contribution < -0.4 is 4.74 Å². The topological polar surface area (TPSA) is 18.5 Å². The number of hydrogen-bond acceptors (Lipinski definition) is 2. The van der Waals surface area contributed by atoms with E-state index in [0.717, 1.165) is 31.8 Å². The smallest absolute Gasteiger partial charge is 0.119 e. The molecule has 1 aromatic rings. The first-order valence-corrected chi connectivity index (χ1v) is 7.91. The standard InChI is InChI=1S/C18H26O2/c1-2-3-4-5-14-19-18-12-9-16(10-13-18)8-11-17-7-6-15-20-17/h8-13,17H,2-7,14-15H2,1H3/b11-8-. The Bertz CT molecular complexity index is 388. The van der Waals surface area contributed by atoms with E-state index in [2.05, 4.69) is 43.3 Å². The maximum Gasteiger partial charge on any atom is 0.119 e. The molecule has 1 aliphatic heterocycles. The predicted octanol–water partition coefficient (Wildman–Crippen LogP) is 4.84. The summed E-state index contributed by atoms with van der Waals surface area (Å²) in [5.74, 6) is 0.968. The lowest BCUT2D eigenvalue weighted by molar-refractivity contribution is 0.146. The highest BCUT2D eigenvalue weighted by Gasteiger charge is 2.11. The van der Waals surface area contributed by atoms with Gasteiger partial charge in [-0.05, 0) is 37.0 Å². The summed E-state index contributed by atoms with van der Waals surface area (Å²) in [4.78, 5) is 0. The number of ether oxygens (including phenoxy) is 2. The van der Waals surface area contributed by atoms with Crippen LogP contribution in [0.3, 0.4) is 0 Å². The summed E-state index contributed by atoms with van der Waals surface area (Å²) in [6.07, 6.45) is 11.9. The van der Waals surface area contributed by atoms with E-state index in [9.17, 15) is 0 Å². The van der Waals surface area contributed by atoms with Crippen molar-refractivity contribution in [3.05, 3.63) is 35.9 Å². The van der Waals surface area contributed by atoms with E-state index in [1.54, 1.807) is 0 Å². The molecule has 0 saturated carbocycles. The first kappa shape index (κ1) is 15.1. The zero-order chi connectivity index (χ0) is 14.0. The molecule has 1 aromatic carbocycles. The van der Waals surface area contributed by atoms with Crippen molar-refractivity contribution < 1.29 is 9.47 Å². The normalized spacial score (nSPS) is 18.8. The van der Waals surface area contributed by atoms with Gasteiger partial charge in [0.25, 0.3) is 0 Å². The molecule has 0 bridgehead atoms. The SMILES string of the molecule is CCCCCCOc1ccc(/C=C\C2CCCO2)cc1. The minimum atomic E-state index is 0.310. The lowest BCUT2D eigenvalue weighted by atomic mass is 10.1. The molecule has 0 spiro atoms. The van der Waals surface area contributed by atoms with Gasteiger partial charge in [0.15, 0.2) is 0 Å². The summed E-state index contributed by atoms with van der Waals surface area (Å²) < 4.78 is 11.3. The molecule has 1 unspecified atom stereocenters. The molecule has 0 radical (unpaired) electrons. The monoisotopic (exact) mass is 274 g/mol. The number of benzene rings is 1. The third kappa shape index (κ3) is 5.38. The summed E-state index contributed by atoms with van der Waals surface area (Å²) in [6.45, 7) is 3.95.